The monoisotopic (exact) mass is 393 g/mol. The van der Waals surface area contributed by atoms with Gasteiger partial charge in [0.25, 0.3) is 0 Å². The van der Waals surface area contributed by atoms with Gasteiger partial charge in [0.1, 0.15) is 11.6 Å². The number of aryl methyl sites for hydroxylation is 2. The summed E-state index contributed by atoms with van der Waals surface area (Å²) in [4.78, 5) is 11.8. The van der Waals surface area contributed by atoms with Crippen LogP contribution in [0.2, 0.25) is 0 Å². The molecule has 0 atom stereocenters. The van der Waals surface area contributed by atoms with E-state index in [9.17, 15) is 9.90 Å². The van der Waals surface area contributed by atoms with E-state index in [1.807, 2.05) is 42.8 Å². The van der Waals surface area contributed by atoms with Gasteiger partial charge in [0.05, 0.1) is 29.7 Å². The Hall–Kier alpha value is -3.28. The van der Waals surface area contributed by atoms with E-state index in [1.54, 1.807) is 12.1 Å². The lowest BCUT2D eigenvalue weighted by Gasteiger charge is -2.15. The van der Waals surface area contributed by atoms with Crippen molar-refractivity contribution < 1.29 is 14.6 Å². The first kappa shape index (κ1) is 20.5. The molecule has 1 aromatic heterocycles. The summed E-state index contributed by atoms with van der Waals surface area (Å²) in [5.74, 6) is 0.661. The Labute approximate surface area is 171 Å². The molecule has 0 aliphatic rings. The van der Waals surface area contributed by atoms with Gasteiger partial charge in [-0.25, -0.2) is 9.48 Å². The highest BCUT2D eigenvalue weighted by Gasteiger charge is 2.18. The average Bonchev–Trinajstić information content (AvgIpc) is 3.02. The molecule has 2 N–H and O–H groups in total. The molecule has 0 saturated carbocycles. The molecule has 0 saturated heterocycles. The van der Waals surface area contributed by atoms with Crippen LogP contribution in [0.15, 0.2) is 42.5 Å². The van der Waals surface area contributed by atoms with E-state index in [2.05, 4.69) is 19.2 Å². The van der Waals surface area contributed by atoms with Gasteiger partial charge in [0, 0.05) is 6.07 Å². The third-order valence-electron chi connectivity index (χ3n) is 4.75. The first-order valence-electron chi connectivity index (χ1n) is 9.64. The average molecular weight is 393 g/mol. The number of nitrogens with one attached hydrogen (secondary N) is 1. The van der Waals surface area contributed by atoms with Crippen molar-refractivity contribution in [2.24, 2.45) is 5.92 Å². The quantitative estimate of drug-likeness (QED) is 0.581. The summed E-state index contributed by atoms with van der Waals surface area (Å²) in [5.41, 5.74) is 4.78. The van der Waals surface area contributed by atoms with Gasteiger partial charge in [-0.1, -0.05) is 32.0 Å². The fraction of sp³-hybridized carbons (Fsp3) is 0.304. The van der Waals surface area contributed by atoms with Crippen LogP contribution < -0.4 is 10.1 Å². The molecule has 3 aromatic rings. The second-order valence-corrected chi connectivity index (χ2v) is 7.61. The summed E-state index contributed by atoms with van der Waals surface area (Å²) in [7, 11) is 1.52. The number of para-hydroxylation sites is 1. The molecule has 152 valence electrons. The Kier molecular flexibility index (Phi) is 5.92. The van der Waals surface area contributed by atoms with Crippen LogP contribution in [-0.2, 0) is 6.42 Å². The summed E-state index contributed by atoms with van der Waals surface area (Å²) < 4.78 is 7.05. The van der Waals surface area contributed by atoms with E-state index in [1.165, 1.54) is 13.2 Å². The van der Waals surface area contributed by atoms with Crippen LogP contribution in [0.25, 0.3) is 5.69 Å². The molecule has 0 fully saturated rings. The Morgan fingerprint density at radius 3 is 2.45 bits per heavy atom. The number of methoxy groups -OCH3 is 1. The van der Waals surface area contributed by atoms with Crippen molar-refractivity contribution in [2.75, 3.05) is 12.4 Å². The first-order chi connectivity index (χ1) is 13.8. The molecule has 0 unspecified atom stereocenters. The number of ether oxygens (including phenoxy) is 1. The molecule has 0 radical (unpaired) electrons. The van der Waals surface area contributed by atoms with Gasteiger partial charge in [-0.15, -0.1) is 0 Å². The lowest BCUT2D eigenvalue weighted by atomic mass is 10.1. The number of hydrogen-bond donors (Lipinski definition) is 2. The summed E-state index contributed by atoms with van der Waals surface area (Å²) in [6.45, 7) is 8.40. The van der Waals surface area contributed by atoms with Crippen molar-refractivity contribution in [3.05, 3.63) is 64.8 Å². The maximum Gasteiger partial charge on any atom is 0.337 e. The van der Waals surface area contributed by atoms with E-state index in [0.29, 0.717) is 17.4 Å². The number of carboxylic acid groups (broad SMARTS) is 1. The molecule has 6 heteroatoms. The molecule has 0 aliphatic heterocycles. The van der Waals surface area contributed by atoms with Crippen LogP contribution in [0, 0.1) is 19.8 Å². The van der Waals surface area contributed by atoms with E-state index in [-0.39, 0.29) is 5.56 Å². The molecule has 2 aromatic carbocycles. The summed E-state index contributed by atoms with van der Waals surface area (Å²) >= 11 is 0. The van der Waals surface area contributed by atoms with E-state index < -0.39 is 5.97 Å². The highest BCUT2D eigenvalue weighted by molar-refractivity contribution is 5.95. The first-order valence-corrected chi connectivity index (χ1v) is 9.64. The van der Waals surface area contributed by atoms with Crippen LogP contribution >= 0.6 is 0 Å². The van der Waals surface area contributed by atoms with Gasteiger partial charge in [-0.3, -0.25) is 0 Å². The zero-order valence-corrected chi connectivity index (χ0v) is 17.5. The normalized spacial score (nSPS) is 11.0. The van der Waals surface area contributed by atoms with Crippen LogP contribution in [0.5, 0.6) is 5.75 Å². The van der Waals surface area contributed by atoms with Gasteiger partial charge < -0.3 is 15.2 Å². The van der Waals surface area contributed by atoms with Crippen molar-refractivity contribution in [2.45, 2.75) is 34.1 Å². The molecular formula is C23H27N3O3. The lowest BCUT2D eigenvalue weighted by Crippen LogP contribution is -2.09. The predicted octanol–water partition coefficient (Wildman–Crippen LogP) is 5.14. The van der Waals surface area contributed by atoms with E-state index in [0.717, 1.165) is 34.7 Å². The summed E-state index contributed by atoms with van der Waals surface area (Å²) in [6, 6.07) is 13.1. The minimum Gasteiger partial charge on any atom is -0.497 e. The number of aromatic nitrogens is 2. The maximum atomic E-state index is 11.8. The van der Waals surface area contributed by atoms with Gasteiger partial charge >= 0.3 is 5.97 Å². The Morgan fingerprint density at radius 1 is 1.17 bits per heavy atom. The Bertz CT molecular complexity index is 1020. The van der Waals surface area contributed by atoms with Crippen molar-refractivity contribution in [3.63, 3.8) is 0 Å². The van der Waals surface area contributed by atoms with Crippen LogP contribution in [0.3, 0.4) is 0 Å². The molecule has 0 amide bonds. The number of aromatic carboxylic acids is 1. The number of nitrogens with zero attached hydrogens (tertiary/aromatic N) is 2. The predicted molar refractivity (Wildman–Crippen MR) is 115 cm³/mol. The van der Waals surface area contributed by atoms with Gasteiger partial charge in [-0.2, -0.15) is 5.10 Å². The van der Waals surface area contributed by atoms with Crippen molar-refractivity contribution in [1.29, 1.82) is 0 Å². The zero-order chi connectivity index (χ0) is 21.1. The number of carbonyl (C=O) groups is 1. The van der Waals surface area contributed by atoms with Crippen molar-refractivity contribution in [1.82, 2.24) is 9.78 Å². The molecule has 1 heterocycles. The summed E-state index contributed by atoms with van der Waals surface area (Å²) in [5, 5.41) is 17.8. The highest BCUT2D eigenvalue weighted by atomic mass is 16.5. The van der Waals surface area contributed by atoms with E-state index in [4.69, 9.17) is 9.84 Å². The summed E-state index contributed by atoms with van der Waals surface area (Å²) in [6.07, 6.45) is 0.834. The topological polar surface area (TPSA) is 76.4 Å². The fourth-order valence-corrected chi connectivity index (χ4v) is 3.42. The zero-order valence-electron chi connectivity index (χ0n) is 17.5. The van der Waals surface area contributed by atoms with Crippen molar-refractivity contribution in [3.8, 4) is 11.4 Å². The molecular weight excluding hydrogens is 366 g/mol. The Morgan fingerprint density at radius 2 is 1.86 bits per heavy atom. The SMILES string of the molecule is COc1ccc(Nc2cc(CC(C)C)nn2-c2c(C)cccc2C)c(C(=O)O)c1. The number of anilines is 2. The van der Waals surface area contributed by atoms with Gasteiger partial charge in [-0.05, 0) is 55.5 Å². The van der Waals surface area contributed by atoms with Gasteiger partial charge in [0.2, 0.25) is 0 Å². The second kappa shape index (κ2) is 8.39. The third-order valence-corrected chi connectivity index (χ3v) is 4.75. The standard InChI is InChI=1S/C23H27N3O3/c1-14(2)11-17-12-21(26(25-17)22-15(3)7-6-8-16(22)4)24-20-10-9-18(29-5)13-19(20)23(27)28/h6-10,12-14,24H,11H2,1-5H3,(H,27,28). The Balaban J connectivity index is 2.12. The highest BCUT2D eigenvalue weighted by Crippen LogP contribution is 2.29. The molecule has 3 rings (SSSR count). The molecule has 6 nitrogen and oxygen atoms in total. The minimum atomic E-state index is -1.02. The number of benzene rings is 2. The smallest absolute Gasteiger partial charge is 0.337 e. The second-order valence-electron chi connectivity index (χ2n) is 7.61. The largest absolute Gasteiger partial charge is 0.497 e. The van der Waals surface area contributed by atoms with Crippen molar-refractivity contribution >= 4 is 17.5 Å². The number of hydrogen-bond acceptors (Lipinski definition) is 4. The lowest BCUT2D eigenvalue weighted by molar-refractivity contribution is 0.0697. The number of carboxylic acids is 1. The third kappa shape index (κ3) is 4.42. The van der Waals surface area contributed by atoms with Crippen LogP contribution in [-0.4, -0.2) is 28.0 Å². The van der Waals surface area contributed by atoms with E-state index >= 15 is 0 Å². The number of rotatable bonds is 7. The molecule has 0 bridgehead atoms. The molecule has 0 spiro atoms. The molecule has 29 heavy (non-hydrogen) atoms. The minimum absolute atomic E-state index is 0.143. The van der Waals surface area contributed by atoms with Gasteiger partial charge in [0.15, 0.2) is 0 Å². The van der Waals surface area contributed by atoms with Crippen LogP contribution in [0.4, 0.5) is 11.5 Å². The fourth-order valence-electron chi connectivity index (χ4n) is 3.42. The molecule has 0 aliphatic carbocycles. The van der Waals surface area contributed by atoms with Crippen LogP contribution in [0.1, 0.15) is 41.0 Å². The maximum absolute atomic E-state index is 11.8.